The Balaban J connectivity index is 2.13. The number of aliphatic carboxylic acids is 1. The van der Waals surface area contributed by atoms with Crippen molar-refractivity contribution in [1.29, 1.82) is 0 Å². The van der Waals surface area contributed by atoms with E-state index >= 15 is 0 Å². The zero-order valence-electron chi connectivity index (χ0n) is 22.0. The van der Waals surface area contributed by atoms with E-state index < -0.39 is 62.4 Å². The fraction of sp³-hybridized carbons (Fsp3) is 0.407. The van der Waals surface area contributed by atoms with E-state index in [4.69, 9.17) is 9.47 Å². The Hall–Kier alpha value is -3.82. The molecule has 39 heavy (non-hydrogen) atoms. The van der Waals surface area contributed by atoms with Crippen molar-refractivity contribution in [2.75, 3.05) is 13.3 Å². The molecular weight excluding hydrogens is 527 g/mol. The molecule has 0 saturated heterocycles. The van der Waals surface area contributed by atoms with Gasteiger partial charge in [-0.1, -0.05) is 68.4 Å². The van der Waals surface area contributed by atoms with Gasteiger partial charge in [-0.05, 0) is 30.0 Å². The number of carboxylic acids is 1. The lowest BCUT2D eigenvalue weighted by Gasteiger charge is -2.30. The van der Waals surface area contributed by atoms with E-state index in [1.165, 1.54) is 6.92 Å². The van der Waals surface area contributed by atoms with Crippen LogP contribution in [0.4, 0.5) is 4.79 Å². The van der Waals surface area contributed by atoms with Gasteiger partial charge in [0, 0.05) is 13.0 Å². The molecule has 2 amide bonds. The highest BCUT2D eigenvalue weighted by Crippen LogP contribution is 2.35. The van der Waals surface area contributed by atoms with E-state index in [9.17, 15) is 34.0 Å². The van der Waals surface area contributed by atoms with Gasteiger partial charge in [0.1, 0.15) is 6.04 Å². The Morgan fingerprint density at radius 1 is 0.949 bits per heavy atom. The van der Waals surface area contributed by atoms with Gasteiger partial charge in [0.25, 0.3) is 0 Å². The van der Waals surface area contributed by atoms with Gasteiger partial charge in [-0.3, -0.25) is 18.9 Å². The van der Waals surface area contributed by atoms with Crippen molar-refractivity contribution in [2.45, 2.75) is 45.0 Å². The average molecular weight is 561 g/mol. The molecule has 0 radical (unpaired) electrons. The maximum atomic E-state index is 13.1. The maximum Gasteiger partial charge on any atom is 0.410 e. The average Bonchev–Trinajstić information content (AvgIpc) is 2.92. The molecule has 3 atom stereocenters. The number of carbonyl (C=O) groups is 4. The number of hydrogen-bond donors (Lipinski definition) is 4. The number of hydrogen-bond acceptors (Lipinski definition) is 8. The van der Waals surface area contributed by atoms with Crippen LogP contribution in [0.3, 0.4) is 0 Å². The number of carbonyl (C=O) groups excluding carboxylic acids is 3. The minimum atomic E-state index is -2.15. The molecule has 0 bridgehead atoms. The summed E-state index contributed by atoms with van der Waals surface area (Å²) in [6.07, 6.45) is -1.34. The third kappa shape index (κ3) is 9.77. The summed E-state index contributed by atoms with van der Waals surface area (Å²) < 4.78 is 21.6. The van der Waals surface area contributed by atoms with Crippen LogP contribution in [-0.2, 0) is 34.8 Å². The maximum absolute atomic E-state index is 13.1. The zero-order chi connectivity index (χ0) is 29.0. The minimum absolute atomic E-state index is 0.0609. The fourth-order valence-corrected chi connectivity index (χ4v) is 4.07. The first-order chi connectivity index (χ1) is 18.5. The molecule has 12 heteroatoms. The summed E-state index contributed by atoms with van der Waals surface area (Å²) in [6, 6.07) is 15.6. The molecule has 0 spiro atoms. The summed E-state index contributed by atoms with van der Waals surface area (Å²) in [5.41, 5.74) is 2.55. The number of ether oxygens (including phenoxy) is 2. The molecule has 2 aromatic carbocycles. The lowest BCUT2D eigenvalue weighted by molar-refractivity contribution is -0.155. The smallest absolute Gasteiger partial charge is 0.410 e. The highest BCUT2D eigenvalue weighted by Gasteiger charge is 2.43. The number of aliphatic hydroxyl groups is 1. The second kappa shape index (κ2) is 14.9. The van der Waals surface area contributed by atoms with Crippen LogP contribution in [0.5, 0.6) is 0 Å². The second-order valence-electron chi connectivity index (χ2n) is 9.20. The van der Waals surface area contributed by atoms with Crippen molar-refractivity contribution >= 4 is 32.4 Å². The zero-order valence-corrected chi connectivity index (χ0v) is 22.9. The van der Waals surface area contributed by atoms with E-state index in [0.29, 0.717) is 5.56 Å². The van der Waals surface area contributed by atoms with Crippen LogP contribution in [0.15, 0.2) is 54.6 Å². The predicted molar refractivity (Wildman–Crippen MR) is 142 cm³/mol. The number of esters is 1. The van der Waals surface area contributed by atoms with Crippen molar-refractivity contribution in [3.8, 4) is 11.1 Å². The van der Waals surface area contributed by atoms with E-state index in [1.54, 1.807) is 26.0 Å². The lowest BCUT2D eigenvalue weighted by Crippen LogP contribution is -2.50. The van der Waals surface area contributed by atoms with Crippen LogP contribution in [-0.4, -0.2) is 58.9 Å². The molecule has 4 N–H and O–H groups in total. The molecule has 0 aliphatic heterocycles. The van der Waals surface area contributed by atoms with E-state index in [1.807, 2.05) is 42.5 Å². The van der Waals surface area contributed by atoms with E-state index in [-0.39, 0.29) is 19.4 Å². The number of rotatable bonds is 14. The first-order valence-electron chi connectivity index (χ1n) is 12.3. The molecule has 0 saturated carbocycles. The van der Waals surface area contributed by atoms with Crippen LogP contribution >= 0.6 is 8.46 Å². The summed E-state index contributed by atoms with van der Waals surface area (Å²) in [5.74, 6) is -4.37. The van der Waals surface area contributed by atoms with Gasteiger partial charge in [-0.15, -0.1) is 0 Å². The molecular formula is C27H33N2O9P. The number of alkyl carbamates (subject to hydrolysis) is 1. The molecule has 3 unspecified atom stereocenters. The third-order valence-electron chi connectivity index (χ3n) is 5.89. The molecule has 0 aromatic heterocycles. The predicted octanol–water partition coefficient (Wildman–Crippen LogP) is 3.35. The van der Waals surface area contributed by atoms with Crippen molar-refractivity contribution < 1.29 is 43.4 Å². The van der Waals surface area contributed by atoms with Gasteiger partial charge < -0.3 is 30.3 Å². The van der Waals surface area contributed by atoms with Gasteiger partial charge >= 0.3 is 18.0 Å². The number of carboxylic acid groups (broad SMARTS) is 1. The standard InChI is InChI=1S/C27H33N2O9P/c1-17(2)25(33)37-16-38-26(34)28-14-13-27(35,39-36)22(23(30)29-18(3)24(31)32)15-19-9-11-21(12-10-19)20-7-5-4-6-8-20/h4-12,17-18,22,35H,13-16H2,1-3H3,(H,28,34)(H,29,30)(H,31,32). The largest absolute Gasteiger partial charge is 0.480 e. The number of amides is 2. The SMILES string of the molecule is CC(C)C(=O)OCOC(=O)NCCC(O)(P=O)C(Cc1ccc(-c2ccccc2)cc1)C(=O)NC(C)C(=O)O. The van der Waals surface area contributed by atoms with Gasteiger partial charge in [-0.2, -0.15) is 0 Å². The first kappa shape index (κ1) is 31.4. The molecule has 0 aliphatic rings. The Morgan fingerprint density at radius 2 is 1.56 bits per heavy atom. The summed E-state index contributed by atoms with van der Waals surface area (Å²) in [6.45, 7) is 3.65. The minimum Gasteiger partial charge on any atom is -0.480 e. The molecule has 0 heterocycles. The van der Waals surface area contributed by atoms with Crippen molar-refractivity contribution in [3.63, 3.8) is 0 Å². The topological polar surface area (TPSA) is 168 Å². The number of nitrogens with one attached hydrogen (secondary N) is 2. The van der Waals surface area contributed by atoms with E-state index in [2.05, 4.69) is 10.6 Å². The van der Waals surface area contributed by atoms with E-state index in [0.717, 1.165) is 11.1 Å². The quantitative estimate of drug-likeness (QED) is 0.154. The van der Waals surface area contributed by atoms with Crippen LogP contribution in [0, 0.1) is 11.8 Å². The van der Waals surface area contributed by atoms with Crippen molar-refractivity contribution in [3.05, 3.63) is 60.2 Å². The van der Waals surface area contributed by atoms with Gasteiger partial charge in [0.05, 0.1) is 11.8 Å². The Kier molecular flexibility index (Phi) is 12.0. The molecule has 0 aliphatic carbocycles. The molecule has 2 rings (SSSR count). The lowest BCUT2D eigenvalue weighted by atomic mass is 9.89. The summed E-state index contributed by atoms with van der Waals surface area (Å²) >= 11 is 0. The van der Waals surface area contributed by atoms with Gasteiger partial charge in [0.15, 0.2) is 13.8 Å². The first-order valence-corrected chi connectivity index (χ1v) is 13.1. The van der Waals surface area contributed by atoms with Crippen molar-refractivity contribution in [1.82, 2.24) is 10.6 Å². The Labute approximate surface area is 228 Å². The highest BCUT2D eigenvalue weighted by atomic mass is 31.1. The monoisotopic (exact) mass is 560 g/mol. The normalized spacial score (nSPS) is 14.1. The molecule has 2 aromatic rings. The van der Waals surface area contributed by atoms with Crippen LogP contribution in [0.2, 0.25) is 0 Å². The number of benzene rings is 2. The molecule has 210 valence electrons. The van der Waals surface area contributed by atoms with Crippen LogP contribution < -0.4 is 10.6 Å². The summed E-state index contributed by atoms with van der Waals surface area (Å²) in [4.78, 5) is 47.7. The van der Waals surface area contributed by atoms with Crippen LogP contribution in [0.25, 0.3) is 11.1 Å². The van der Waals surface area contributed by atoms with Gasteiger partial charge in [0.2, 0.25) is 12.7 Å². The molecule has 0 fully saturated rings. The van der Waals surface area contributed by atoms with Crippen LogP contribution in [0.1, 0.15) is 32.8 Å². The summed E-state index contributed by atoms with van der Waals surface area (Å²) in [5, 5.41) is 22.9. The highest BCUT2D eigenvalue weighted by molar-refractivity contribution is 7.25. The van der Waals surface area contributed by atoms with Gasteiger partial charge in [-0.25, -0.2) is 4.79 Å². The Bertz CT molecular complexity index is 1140. The molecule has 11 nitrogen and oxygen atoms in total. The summed E-state index contributed by atoms with van der Waals surface area (Å²) in [7, 11) is -0.799. The Morgan fingerprint density at radius 3 is 2.13 bits per heavy atom. The third-order valence-corrected chi connectivity index (χ3v) is 6.74. The van der Waals surface area contributed by atoms with Crippen molar-refractivity contribution in [2.24, 2.45) is 11.8 Å². The second-order valence-corrected chi connectivity index (χ2v) is 10.2. The fourth-order valence-electron chi connectivity index (χ4n) is 3.53.